The zero-order valence-corrected chi connectivity index (χ0v) is 24.3. The van der Waals surface area contributed by atoms with Crippen molar-refractivity contribution < 1.29 is 23.0 Å². The summed E-state index contributed by atoms with van der Waals surface area (Å²) >= 11 is 0. The van der Waals surface area contributed by atoms with E-state index in [0.29, 0.717) is 12.2 Å². The number of hydrogen-bond donors (Lipinski definition) is 2. The summed E-state index contributed by atoms with van der Waals surface area (Å²) in [6, 6.07) is 23.8. The quantitative estimate of drug-likeness (QED) is 0.313. The van der Waals surface area contributed by atoms with Crippen LogP contribution in [-0.4, -0.2) is 51.7 Å². The summed E-state index contributed by atoms with van der Waals surface area (Å²) < 4.78 is 37.2. The van der Waals surface area contributed by atoms with Crippen LogP contribution in [0.3, 0.4) is 0 Å². The van der Waals surface area contributed by atoms with Crippen molar-refractivity contribution in [3.8, 4) is 17.6 Å². The molecule has 0 aromatic heterocycles. The molecule has 3 aromatic carbocycles. The van der Waals surface area contributed by atoms with Crippen LogP contribution in [0.25, 0.3) is 0 Å². The molecule has 2 N–H and O–H groups in total. The minimum Gasteiger partial charge on any atom is -0.497 e. The molecule has 10 heteroatoms. The molecule has 1 atom stereocenters. The molecular formula is C29H36ClN3O5S. The summed E-state index contributed by atoms with van der Waals surface area (Å²) in [7, 11) is -1.97. The van der Waals surface area contributed by atoms with E-state index in [0.717, 1.165) is 29.6 Å². The zero-order chi connectivity index (χ0) is 27.8. The van der Waals surface area contributed by atoms with Gasteiger partial charge in [0.05, 0.1) is 31.2 Å². The average molecular weight is 574 g/mol. The lowest BCUT2D eigenvalue weighted by atomic mass is 9.94. The highest BCUT2D eigenvalue weighted by Gasteiger charge is 2.21. The van der Waals surface area contributed by atoms with Crippen molar-refractivity contribution in [2.24, 2.45) is 0 Å². The van der Waals surface area contributed by atoms with E-state index in [1.807, 2.05) is 54.6 Å². The number of benzene rings is 3. The molecule has 0 heterocycles. The van der Waals surface area contributed by atoms with Gasteiger partial charge >= 0.3 is 0 Å². The van der Waals surface area contributed by atoms with Gasteiger partial charge in [0.2, 0.25) is 10.0 Å². The molecule has 0 bridgehead atoms. The van der Waals surface area contributed by atoms with Gasteiger partial charge in [0.25, 0.3) is 0 Å². The van der Waals surface area contributed by atoms with Gasteiger partial charge in [-0.25, -0.2) is 8.42 Å². The fraction of sp³-hybridized carbons (Fsp3) is 0.345. The smallest absolute Gasteiger partial charge is 0.232 e. The Labute approximate surface area is 237 Å². The van der Waals surface area contributed by atoms with Gasteiger partial charge in [-0.15, -0.1) is 12.4 Å². The number of nitrogens with one attached hydrogen (secondary N) is 1. The van der Waals surface area contributed by atoms with E-state index in [2.05, 4.69) is 25.2 Å². The second-order valence-electron chi connectivity index (χ2n) is 9.80. The van der Waals surface area contributed by atoms with Gasteiger partial charge < -0.3 is 19.9 Å². The van der Waals surface area contributed by atoms with Crippen molar-refractivity contribution in [3.63, 3.8) is 0 Å². The number of β-amino-alcohol motifs (C(OH)–C–C–N with tert-alkyl or cyclic N) is 1. The van der Waals surface area contributed by atoms with E-state index in [1.165, 1.54) is 10.4 Å². The first-order valence-corrected chi connectivity index (χ1v) is 14.1. The van der Waals surface area contributed by atoms with Crippen LogP contribution >= 0.6 is 12.4 Å². The monoisotopic (exact) mass is 573 g/mol. The Kier molecular flexibility index (Phi) is 11.6. The van der Waals surface area contributed by atoms with E-state index >= 15 is 0 Å². The standard InChI is InChI=1S/C29H35N3O5S.ClH/c1-29(2,17-22-10-13-27(36-3)14-11-22)31-19-26(33)21-37-28-15-12-25(16-24(28)18-30)32(38(4,34)35)20-23-8-6-5-7-9-23;/h5-16,26,31,33H,17,19-21H2,1-4H3;1H/t26-;/m1./s1. The van der Waals surface area contributed by atoms with Crippen molar-refractivity contribution in [2.75, 3.05) is 30.8 Å². The summed E-state index contributed by atoms with van der Waals surface area (Å²) in [5.74, 6) is 1.08. The molecule has 0 saturated heterocycles. The normalized spacial score (nSPS) is 12.1. The SMILES string of the molecule is COc1ccc(CC(C)(C)NC[C@@H](O)COc2ccc(N(Cc3ccccc3)S(C)(=O)=O)cc2C#N)cc1.Cl. The van der Waals surface area contributed by atoms with Crippen molar-refractivity contribution in [2.45, 2.75) is 38.5 Å². The fourth-order valence-corrected chi connectivity index (χ4v) is 4.87. The summed E-state index contributed by atoms with van der Waals surface area (Å²) in [6.07, 6.45) is 1.07. The van der Waals surface area contributed by atoms with E-state index in [1.54, 1.807) is 19.2 Å². The number of ether oxygens (including phenoxy) is 2. The van der Waals surface area contributed by atoms with Crippen LogP contribution < -0.4 is 19.1 Å². The van der Waals surface area contributed by atoms with Crippen LogP contribution in [0.5, 0.6) is 11.5 Å². The molecule has 3 aromatic rings. The number of hydrogen-bond acceptors (Lipinski definition) is 7. The maximum absolute atomic E-state index is 12.5. The fourth-order valence-electron chi connectivity index (χ4n) is 3.99. The highest BCUT2D eigenvalue weighted by molar-refractivity contribution is 7.92. The molecule has 0 aliphatic rings. The Hall–Kier alpha value is -3.29. The Morgan fingerprint density at radius 2 is 1.72 bits per heavy atom. The van der Waals surface area contributed by atoms with Gasteiger partial charge in [0.1, 0.15) is 30.3 Å². The molecule has 0 fully saturated rings. The Morgan fingerprint density at radius 3 is 2.31 bits per heavy atom. The van der Waals surface area contributed by atoms with Gasteiger partial charge in [-0.05, 0) is 61.7 Å². The highest BCUT2D eigenvalue weighted by atomic mass is 35.5. The molecule has 0 spiro atoms. The molecule has 8 nitrogen and oxygen atoms in total. The van der Waals surface area contributed by atoms with E-state index in [9.17, 15) is 18.8 Å². The van der Waals surface area contributed by atoms with Crippen molar-refractivity contribution in [3.05, 3.63) is 89.5 Å². The van der Waals surface area contributed by atoms with E-state index in [4.69, 9.17) is 9.47 Å². The van der Waals surface area contributed by atoms with Crippen LogP contribution in [-0.2, 0) is 23.0 Å². The molecule has 3 rings (SSSR count). The zero-order valence-electron chi connectivity index (χ0n) is 22.6. The van der Waals surface area contributed by atoms with Gasteiger partial charge in [0, 0.05) is 12.1 Å². The summed E-state index contributed by atoms with van der Waals surface area (Å²) in [5.41, 5.74) is 2.24. The lowest BCUT2D eigenvalue weighted by Gasteiger charge is -2.28. The first-order valence-electron chi connectivity index (χ1n) is 12.3. The predicted molar refractivity (Wildman–Crippen MR) is 156 cm³/mol. The minimum atomic E-state index is -3.60. The third-order valence-electron chi connectivity index (χ3n) is 5.99. The first kappa shape index (κ1) is 31.9. The van der Waals surface area contributed by atoms with Gasteiger partial charge in [-0.1, -0.05) is 42.5 Å². The maximum Gasteiger partial charge on any atom is 0.232 e. The molecule has 0 amide bonds. The van der Waals surface area contributed by atoms with Crippen LogP contribution in [0.4, 0.5) is 5.69 Å². The highest BCUT2D eigenvalue weighted by Crippen LogP contribution is 2.28. The first-order chi connectivity index (χ1) is 18.0. The molecule has 210 valence electrons. The van der Waals surface area contributed by atoms with Crippen LogP contribution in [0.2, 0.25) is 0 Å². The molecular weight excluding hydrogens is 538 g/mol. The van der Waals surface area contributed by atoms with Crippen LogP contribution in [0, 0.1) is 11.3 Å². The number of aliphatic hydroxyl groups excluding tert-OH is 1. The third-order valence-corrected chi connectivity index (χ3v) is 7.13. The second-order valence-corrected chi connectivity index (χ2v) is 11.7. The predicted octanol–water partition coefficient (Wildman–Crippen LogP) is 4.31. The number of sulfonamides is 1. The summed E-state index contributed by atoms with van der Waals surface area (Å²) in [4.78, 5) is 0. The number of nitrogens with zero attached hydrogens (tertiary/aromatic N) is 2. The van der Waals surface area contributed by atoms with Gasteiger partial charge in [0.15, 0.2) is 0 Å². The minimum absolute atomic E-state index is 0. The van der Waals surface area contributed by atoms with Crippen LogP contribution in [0.15, 0.2) is 72.8 Å². The molecule has 0 saturated carbocycles. The lowest BCUT2D eigenvalue weighted by Crippen LogP contribution is -2.46. The molecule has 0 aliphatic carbocycles. The summed E-state index contributed by atoms with van der Waals surface area (Å²) in [5, 5.41) is 23.6. The van der Waals surface area contributed by atoms with Crippen LogP contribution in [0.1, 0.15) is 30.5 Å². The van der Waals surface area contributed by atoms with E-state index in [-0.39, 0.29) is 42.4 Å². The summed E-state index contributed by atoms with van der Waals surface area (Å²) in [6.45, 7) is 4.52. The van der Waals surface area contributed by atoms with Crippen molar-refractivity contribution in [1.29, 1.82) is 5.26 Å². The van der Waals surface area contributed by atoms with E-state index < -0.39 is 16.1 Å². The Balaban J connectivity index is 0.00000533. The number of rotatable bonds is 13. The number of nitriles is 1. The molecule has 39 heavy (non-hydrogen) atoms. The molecule has 0 radical (unpaired) electrons. The number of aliphatic hydroxyl groups is 1. The van der Waals surface area contributed by atoms with Gasteiger partial charge in [-0.3, -0.25) is 4.31 Å². The van der Waals surface area contributed by atoms with Crippen molar-refractivity contribution >= 4 is 28.1 Å². The number of methoxy groups -OCH3 is 1. The largest absolute Gasteiger partial charge is 0.497 e. The Bertz CT molecular complexity index is 1340. The molecule has 0 aliphatic heterocycles. The average Bonchev–Trinajstić information content (AvgIpc) is 2.89. The van der Waals surface area contributed by atoms with Crippen molar-refractivity contribution in [1.82, 2.24) is 5.32 Å². The van der Waals surface area contributed by atoms with Gasteiger partial charge in [-0.2, -0.15) is 5.26 Å². The second kappa shape index (κ2) is 14.2. The lowest BCUT2D eigenvalue weighted by molar-refractivity contribution is 0.0987. The topological polar surface area (TPSA) is 112 Å². The molecule has 0 unspecified atom stereocenters. The number of anilines is 1. The number of halogens is 1. The maximum atomic E-state index is 12.5. The third kappa shape index (κ3) is 9.75. The Morgan fingerprint density at radius 1 is 1.05 bits per heavy atom.